The Bertz CT molecular complexity index is 288. The molecule has 0 radical (unpaired) electrons. The van der Waals surface area contributed by atoms with Gasteiger partial charge in [0, 0.05) is 12.8 Å². The predicted molar refractivity (Wildman–Crippen MR) is 117 cm³/mol. The van der Waals surface area contributed by atoms with Crippen LogP contribution >= 0.6 is 0 Å². The number of hydrogen-bond donors (Lipinski definition) is 2. The Kier molecular flexibility index (Phi) is 25.8. The fraction of sp³-hybridized carbons (Fsp3) is 1.00. The summed E-state index contributed by atoms with van der Waals surface area (Å²) in [5.41, 5.74) is 0. The van der Waals surface area contributed by atoms with E-state index in [0.717, 1.165) is 25.7 Å². The number of nitrogens with zero attached hydrogens (tertiary/aromatic N) is 1. The fourth-order valence-electron chi connectivity index (χ4n) is 3.79. The standard InChI is InChI=1S/C24H52NO2.BrH/c1-3-5-7-8-9-10-11-12-13-14-15-16-17-18-19-20-21-22-24-25(26,27)23-6-4-2;/h26-27H,3-24H2,1-2H3;1H/q+1;/p-1. The highest BCUT2D eigenvalue weighted by Crippen LogP contribution is 2.14. The summed E-state index contributed by atoms with van der Waals surface area (Å²) < 4.78 is 0. The lowest BCUT2D eigenvalue weighted by Gasteiger charge is -2.20. The molecule has 0 aromatic heterocycles. The molecule has 2 N–H and O–H groups in total. The van der Waals surface area contributed by atoms with Crippen LogP contribution in [0.1, 0.15) is 142 Å². The van der Waals surface area contributed by atoms with Crippen LogP contribution in [-0.4, -0.2) is 28.3 Å². The van der Waals surface area contributed by atoms with Gasteiger partial charge >= 0.3 is 0 Å². The largest absolute Gasteiger partial charge is 1.00 e. The second-order valence-corrected chi connectivity index (χ2v) is 8.69. The number of halogens is 1. The van der Waals surface area contributed by atoms with Crippen molar-refractivity contribution in [3.63, 3.8) is 0 Å². The zero-order valence-electron chi connectivity index (χ0n) is 19.3. The normalized spacial score (nSPS) is 11.6. The van der Waals surface area contributed by atoms with Crippen LogP contribution in [0.15, 0.2) is 0 Å². The van der Waals surface area contributed by atoms with Crippen molar-refractivity contribution in [3.05, 3.63) is 0 Å². The van der Waals surface area contributed by atoms with E-state index < -0.39 is 4.81 Å². The second kappa shape index (κ2) is 23.6. The summed E-state index contributed by atoms with van der Waals surface area (Å²) in [6, 6.07) is 0. The molecule has 3 nitrogen and oxygen atoms in total. The fourth-order valence-corrected chi connectivity index (χ4v) is 3.79. The maximum Gasteiger partial charge on any atom is 0.142 e. The van der Waals surface area contributed by atoms with E-state index in [2.05, 4.69) is 13.8 Å². The van der Waals surface area contributed by atoms with Gasteiger partial charge in [-0.15, -0.1) is 0 Å². The van der Waals surface area contributed by atoms with Crippen molar-refractivity contribution in [2.45, 2.75) is 142 Å². The zero-order valence-corrected chi connectivity index (χ0v) is 20.9. The van der Waals surface area contributed by atoms with Gasteiger partial charge < -0.3 is 17.0 Å². The minimum Gasteiger partial charge on any atom is -1.00 e. The molecule has 0 aliphatic heterocycles. The molecule has 0 aliphatic carbocycles. The van der Waals surface area contributed by atoms with Crippen LogP contribution in [0.3, 0.4) is 0 Å². The Labute approximate surface area is 187 Å². The Hall–Kier alpha value is 0.360. The highest BCUT2D eigenvalue weighted by atomic mass is 79.9. The SMILES string of the molecule is CCCCCCCCCCCCCCCCCCCC[N+](O)(O)CCCC.[Br-]. The molecule has 0 amide bonds. The molecule has 28 heavy (non-hydrogen) atoms. The summed E-state index contributed by atoms with van der Waals surface area (Å²) >= 11 is 0. The summed E-state index contributed by atoms with van der Waals surface area (Å²) in [6.07, 6.45) is 26.4. The summed E-state index contributed by atoms with van der Waals surface area (Å²) in [5, 5.41) is 19.5. The molecular weight excluding hydrogens is 414 g/mol. The van der Waals surface area contributed by atoms with Crippen LogP contribution in [-0.2, 0) is 0 Å². The third kappa shape index (κ3) is 24.4. The predicted octanol–water partition coefficient (Wildman–Crippen LogP) is 5.43. The molecule has 172 valence electrons. The molecule has 0 saturated carbocycles. The van der Waals surface area contributed by atoms with Crippen molar-refractivity contribution in [1.29, 1.82) is 0 Å². The van der Waals surface area contributed by atoms with Gasteiger partial charge in [-0.1, -0.05) is 123 Å². The van der Waals surface area contributed by atoms with Crippen molar-refractivity contribution < 1.29 is 32.2 Å². The maximum atomic E-state index is 9.77. The Morgan fingerprint density at radius 3 is 0.964 bits per heavy atom. The molecule has 0 fully saturated rings. The molecule has 0 aromatic rings. The lowest BCUT2D eigenvalue weighted by Crippen LogP contribution is -3.00. The molecule has 0 aromatic carbocycles. The second-order valence-electron chi connectivity index (χ2n) is 8.69. The highest BCUT2D eigenvalue weighted by Gasteiger charge is 2.20. The van der Waals surface area contributed by atoms with Crippen molar-refractivity contribution in [1.82, 2.24) is 0 Å². The molecule has 0 atom stereocenters. The Morgan fingerprint density at radius 1 is 0.393 bits per heavy atom. The van der Waals surface area contributed by atoms with Crippen LogP contribution < -0.4 is 17.0 Å². The van der Waals surface area contributed by atoms with Gasteiger partial charge in [0.1, 0.15) is 13.1 Å². The van der Waals surface area contributed by atoms with Crippen LogP contribution in [0.4, 0.5) is 0 Å². The monoisotopic (exact) mass is 465 g/mol. The summed E-state index contributed by atoms with van der Waals surface area (Å²) in [5.74, 6) is 0. The lowest BCUT2D eigenvalue weighted by molar-refractivity contribution is -1.24. The van der Waals surface area contributed by atoms with Crippen molar-refractivity contribution in [3.8, 4) is 0 Å². The maximum absolute atomic E-state index is 9.77. The highest BCUT2D eigenvalue weighted by molar-refractivity contribution is 4.50. The minimum atomic E-state index is -0.771. The molecule has 0 bridgehead atoms. The smallest absolute Gasteiger partial charge is 0.142 e. The molecule has 4 heteroatoms. The molecule has 0 aliphatic rings. The van der Waals surface area contributed by atoms with E-state index in [4.69, 9.17) is 0 Å². The first kappa shape index (κ1) is 30.6. The third-order valence-electron chi connectivity index (χ3n) is 5.74. The van der Waals surface area contributed by atoms with Gasteiger partial charge in [-0.2, -0.15) is 10.4 Å². The van der Waals surface area contributed by atoms with E-state index in [0.29, 0.717) is 13.1 Å². The van der Waals surface area contributed by atoms with E-state index in [1.165, 1.54) is 103 Å². The van der Waals surface area contributed by atoms with Gasteiger partial charge in [0.05, 0.1) is 0 Å². The summed E-state index contributed by atoms with van der Waals surface area (Å²) in [7, 11) is 0. The Balaban J connectivity index is 0. The zero-order chi connectivity index (χ0) is 20.1. The molecular formula is C24H52BrNO2. The van der Waals surface area contributed by atoms with Crippen LogP contribution in [0.2, 0.25) is 0 Å². The average Bonchev–Trinajstić information content (AvgIpc) is 2.65. The van der Waals surface area contributed by atoms with E-state index in [9.17, 15) is 10.4 Å². The molecule has 0 heterocycles. The van der Waals surface area contributed by atoms with Crippen LogP contribution in [0, 0.1) is 0 Å². The summed E-state index contributed by atoms with van der Waals surface area (Å²) in [6.45, 7) is 5.32. The van der Waals surface area contributed by atoms with Crippen molar-refractivity contribution in [2.24, 2.45) is 0 Å². The van der Waals surface area contributed by atoms with Gasteiger partial charge in [-0.3, -0.25) is 0 Å². The van der Waals surface area contributed by atoms with E-state index in [1.807, 2.05) is 0 Å². The van der Waals surface area contributed by atoms with E-state index >= 15 is 0 Å². The van der Waals surface area contributed by atoms with E-state index in [1.54, 1.807) is 0 Å². The molecule has 0 rings (SSSR count). The number of quaternary nitrogens is 1. The first-order valence-corrected chi connectivity index (χ1v) is 12.4. The molecule has 0 unspecified atom stereocenters. The lowest BCUT2D eigenvalue weighted by atomic mass is 10.0. The van der Waals surface area contributed by atoms with Crippen LogP contribution in [0.25, 0.3) is 0 Å². The van der Waals surface area contributed by atoms with Gasteiger partial charge in [0.15, 0.2) is 0 Å². The molecule has 0 saturated heterocycles. The van der Waals surface area contributed by atoms with Crippen molar-refractivity contribution >= 4 is 0 Å². The number of hydrogen-bond acceptors (Lipinski definition) is 2. The number of rotatable bonds is 22. The number of hydroxylamine groups is 4. The summed E-state index contributed by atoms with van der Waals surface area (Å²) in [4.78, 5) is -0.771. The first-order valence-electron chi connectivity index (χ1n) is 12.4. The first-order chi connectivity index (χ1) is 13.1. The minimum absolute atomic E-state index is 0. The third-order valence-corrected chi connectivity index (χ3v) is 5.74. The van der Waals surface area contributed by atoms with Gasteiger partial charge in [0.2, 0.25) is 0 Å². The van der Waals surface area contributed by atoms with Gasteiger partial charge in [-0.25, -0.2) is 0 Å². The average molecular weight is 467 g/mol. The van der Waals surface area contributed by atoms with Crippen molar-refractivity contribution in [2.75, 3.05) is 13.1 Å². The Morgan fingerprint density at radius 2 is 0.643 bits per heavy atom. The van der Waals surface area contributed by atoms with Crippen LogP contribution in [0.5, 0.6) is 0 Å². The molecule has 0 spiro atoms. The van der Waals surface area contributed by atoms with E-state index in [-0.39, 0.29) is 17.0 Å². The number of unbranched alkanes of at least 4 members (excludes halogenated alkanes) is 18. The quantitative estimate of drug-likeness (QED) is 0.127. The topological polar surface area (TPSA) is 40.5 Å². The van der Waals surface area contributed by atoms with Gasteiger partial charge in [0.25, 0.3) is 0 Å². The van der Waals surface area contributed by atoms with Gasteiger partial charge in [-0.05, 0) is 11.2 Å².